The summed E-state index contributed by atoms with van der Waals surface area (Å²) in [5.41, 5.74) is -0.613. The Hall–Kier alpha value is -0.880. The highest BCUT2D eigenvalue weighted by molar-refractivity contribution is 6.18. The second-order valence-electron chi connectivity index (χ2n) is 6.36. The normalized spacial score (nSPS) is 49.6. The summed E-state index contributed by atoms with van der Waals surface area (Å²) < 4.78 is 5.37. The molecule has 0 amide bonds. The van der Waals surface area contributed by atoms with Crippen LogP contribution in [0.3, 0.4) is 0 Å². The van der Waals surface area contributed by atoms with E-state index in [4.69, 9.17) is 16.3 Å². The van der Waals surface area contributed by atoms with Crippen LogP contribution in [-0.4, -0.2) is 51.1 Å². The van der Waals surface area contributed by atoms with Gasteiger partial charge in [0, 0.05) is 11.5 Å². The maximum atomic E-state index is 11.8. The van der Waals surface area contributed by atoms with Crippen LogP contribution < -0.4 is 0 Å². The molecule has 0 spiro atoms. The molecule has 0 bridgehead atoms. The average Bonchev–Trinajstić information content (AvgIpc) is 2.82. The van der Waals surface area contributed by atoms with Gasteiger partial charge in [-0.05, 0) is 18.8 Å². The number of esters is 1. The lowest BCUT2D eigenvalue weighted by Crippen LogP contribution is -2.52. The van der Waals surface area contributed by atoms with Crippen LogP contribution in [0.25, 0.3) is 0 Å². The molecule has 3 N–H and O–H groups in total. The van der Waals surface area contributed by atoms with E-state index in [2.05, 4.69) is 13.2 Å². The summed E-state index contributed by atoms with van der Waals surface area (Å²) in [4.78, 5) is 11.8. The summed E-state index contributed by atoms with van der Waals surface area (Å²) in [6, 6.07) is 0. The Morgan fingerprint density at radius 2 is 2.05 bits per heavy atom. The van der Waals surface area contributed by atoms with Gasteiger partial charge in [0.1, 0.15) is 11.7 Å². The molecule has 3 fully saturated rings. The van der Waals surface area contributed by atoms with Gasteiger partial charge in [-0.25, -0.2) is 4.79 Å². The molecule has 1 heterocycles. The van der Waals surface area contributed by atoms with Crippen LogP contribution in [0.5, 0.6) is 0 Å². The highest BCUT2D eigenvalue weighted by Gasteiger charge is 2.63. The van der Waals surface area contributed by atoms with E-state index < -0.39 is 41.7 Å². The summed E-state index contributed by atoms with van der Waals surface area (Å²) in [6.07, 6.45) is -1.98. The number of ether oxygens (including phenoxy) is 1. The Balaban J connectivity index is 2.09. The van der Waals surface area contributed by atoms with Crippen LogP contribution in [0.4, 0.5) is 0 Å². The van der Waals surface area contributed by atoms with Crippen molar-refractivity contribution >= 4 is 17.6 Å². The molecular formula is C15H19ClO5. The smallest absolute Gasteiger partial charge is 0.334 e. The van der Waals surface area contributed by atoms with Crippen molar-refractivity contribution in [3.05, 3.63) is 24.3 Å². The van der Waals surface area contributed by atoms with Crippen LogP contribution >= 0.6 is 11.6 Å². The van der Waals surface area contributed by atoms with E-state index in [0.29, 0.717) is 12.8 Å². The van der Waals surface area contributed by atoms with Gasteiger partial charge in [-0.1, -0.05) is 18.7 Å². The van der Waals surface area contributed by atoms with Gasteiger partial charge in [0.2, 0.25) is 0 Å². The minimum absolute atomic E-state index is 0.175. The first kappa shape index (κ1) is 15.0. The molecule has 0 aromatic heterocycles. The highest BCUT2D eigenvalue weighted by Crippen LogP contribution is 2.54. The molecule has 3 aliphatic rings. The van der Waals surface area contributed by atoms with Crippen LogP contribution in [0.15, 0.2) is 24.3 Å². The fraction of sp³-hybridized carbons (Fsp3) is 0.667. The van der Waals surface area contributed by atoms with Gasteiger partial charge in [0.05, 0.1) is 24.0 Å². The van der Waals surface area contributed by atoms with E-state index >= 15 is 0 Å². The third-order valence-electron chi connectivity index (χ3n) is 5.30. The molecule has 1 aliphatic heterocycles. The Morgan fingerprint density at radius 3 is 2.67 bits per heavy atom. The lowest BCUT2D eigenvalue weighted by molar-refractivity contribution is -0.151. The molecule has 0 aromatic carbocycles. The average molecular weight is 315 g/mol. The third-order valence-corrected chi connectivity index (χ3v) is 5.73. The molecule has 6 heteroatoms. The lowest BCUT2D eigenvalue weighted by Gasteiger charge is -2.36. The molecule has 7 atom stereocenters. The Labute approximate surface area is 127 Å². The lowest BCUT2D eigenvalue weighted by atomic mass is 9.76. The fourth-order valence-corrected chi connectivity index (χ4v) is 4.53. The molecule has 2 saturated carbocycles. The quantitative estimate of drug-likeness (QED) is 0.282. The second-order valence-corrected chi connectivity index (χ2v) is 6.63. The monoisotopic (exact) mass is 314 g/mol. The molecule has 116 valence electrons. The van der Waals surface area contributed by atoms with E-state index in [-0.39, 0.29) is 17.4 Å². The molecule has 3 rings (SSSR count). The number of alkyl halides is 1. The molecular weight excluding hydrogens is 296 g/mol. The molecule has 1 unspecified atom stereocenters. The predicted octanol–water partition coefficient (Wildman–Crippen LogP) is 0.372. The van der Waals surface area contributed by atoms with Gasteiger partial charge in [0.15, 0.2) is 0 Å². The number of carbonyl (C=O) groups excluding carboxylic acids is 1. The van der Waals surface area contributed by atoms with Crippen molar-refractivity contribution in [2.75, 3.05) is 5.88 Å². The minimum atomic E-state index is -1.56. The first-order valence-electron chi connectivity index (χ1n) is 7.03. The standard InChI is InChI=1S/C15H19ClO5/c1-6-3-9(17)11-7(2)14(19)21-13(11)12-8(6)4-10(18)15(12,20)5-16/h8-13,17-18,20H,1-5H2/t8-,9-,10-,11+,12?,13-,15+/m0/s1. The number of rotatable bonds is 1. The van der Waals surface area contributed by atoms with Crippen LogP contribution in [0.1, 0.15) is 12.8 Å². The van der Waals surface area contributed by atoms with E-state index in [9.17, 15) is 20.1 Å². The largest absolute Gasteiger partial charge is 0.458 e. The molecule has 0 aromatic rings. The van der Waals surface area contributed by atoms with Gasteiger partial charge in [-0.3, -0.25) is 0 Å². The van der Waals surface area contributed by atoms with E-state index in [1.807, 2.05) is 0 Å². The molecule has 0 radical (unpaired) electrons. The van der Waals surface area contributed by atoms with Crippen molar-refractivity contribution in [1.82, 2.24) is 0 Å². The van der Waals surface area contributed by atoms with Crippen molar-refractivity contribution in [1.29, 1.82) is 0 Å². The highest BCUT2D eigenvalue weighted by atomic mass is 35.5. The topological polar surface area (TPSA) is 87.0 Å². The first-order valence-corrected chi connectivity index (χ1v) is 7.56. The number of carbonyl (C=O) groups is 1. The Kier molecular flexibility index (Phi) is 3.44. The number of hydrogen-bond donors (Lipinski definition) is 3. The van der Waals surface area contributed by atoms with Gasteiger partial charge < -0.3 is 20.1 Å². The summed E-state index contributed by atoms with van der Waals surface area (Å²) >= 11 is 5.90. The van der Waals surface area contributed by atoms with Crippen molar-refractivity contribution < 1.29 is 24.9 Å². The third kappa shape index (κ3) is 1.91. The zero-order valence-corrected chi connectivity index (χ0v) is 12.3. The number of hydrogen-bond acceptors (Lipinski definition) is 5. The molecule has 5 nitrogen and oxygen atoms in total. The minimum Gasteiger partial charge on any atom is -0.458 e. The van der Waals surface area contributed by atoms with Gasteiger partial charge in [-0.15, -0.1) is 11.6 Å². The van der Waals surface area contributed by atoms with Crippen LogP contribution in [0.2, 0.25) is 0 Å². The number of fused-ring (bicyclic) bond motifs is 3. The van der Waals surface area contributed by atoms with E-state index in [1.54, 1.807) is 0 Å². The van der Waals surface area contributed by atoms with Gasteiger partial charge in [0.25, 0.3) is 0 Å². The maximum absolute atomic E-state index is 11.8. The predicted molar refractivity (Wildman–Crippen MR) is 75.5 cm³/mol. The number of aliphatic hydroxyl groups is 3. The Morgan fingerprint density at radius 1 is 1.38 bits per heavy atom. The summed E-state index contributed by atoms with van der Waals surface area (Å²) in [6.45, 7) is 7.68. The summed E-state index contributed by atoms with van der Waals surface area (Å²) in [7, 11) is 0. The van der Waals surface area contributed by atoms with Crippen molar-refractivity contribution in [2.45, 2.75) is 36.8 Å². The SMILES string of the molecule is C=C1C(=O)O[C@@H]2C3[C@@H](C[C@H](O)[C@]3(O)CCl)C(=C)C[C@H](O)[C@@H]12. The van der Waals surface area contributed by atoms with E-state index in [1.165, 1.54) is 0 Å². The molecule has 21 heavy (non-hydrogen) atoms. The van der Waals surface area contributed by atoms with E-state index in [0.717, 1.165) is 5.57 Å². The number of aliphatic hydroxyl groups excluding tert-OH is 2. The van der Waals surface area contributed by atoms with Gasteiger partial charge >= 0.3 is 5.97 Å². The van der Waals surface area contributed by atoms with Crippen molar-refractivity contribution in [3.8, 4) is 0 Å². The van der Waals surface area contributed by atoms with Crippen LogP contribution in [0, 0.1) is 17.8 Å². The first-order chi connectivity index (χ1) is 9.81. The van der Waals surface area contributed by atoms with Gasteiger partial charge in [-0.2, -0.15) is 0 Å². The summed E-state index contributed by atoms with van der Waals surface area (Å²) in [5, 5.41) is 31.3. The van der Waals surface area contributed by atoms with Crippen molar-refractivity contribution in [2.24, 2.45) is 17.8 Å². The zero-order valence-electron chi connectivity index (χ0n) is 11.5. The second kappa shape index (κ2) is 4.81. The Bertz CT molecular complexity index is 518. The molecule has 2 aliphatic carbocycles. The fourth-order valence-electron chi connectivity index (χ4n) is 4.18. The zero-order chi connectivity index (χ0) is 15.5. The van der Waals surface area contributed by atoms with Crippen LogP contribution in [-0.2, 0) is 9.53 Å². The number of halogens is 1. The van der Waals surface area contributed by atoms with Crippen molar-refractivity contribution in [3.63, 3.8) is 0 Å². The maximum Gasteiger partial charge on any atom is 0.334 e. The summed E-state index contributed by atoms with van der Waals surface area (Å²) in [5.74, 6) is -2.15. The molecule has 1 saturated heterocycles.